The third-order valence-corrected chi connectivity index (χ3v) is 5.81. The maximum absolute atomic E-state index is 12.6. The third-order valence-electron chi connectivity index (χ3n) is 5.81. The van der Waals surface area contributed by atoms with Gasteiger partial charge in [0.2, 0.25) is 0 Å². The lowest BCUT2D eigenvalue weighted by Crippen LogP contribution is -2.09. The molecule has 0 aliphatic heterocycles. The van der Waals surface area contributed by atoms with Crippen LogP contribution in [0.1, 0.15) is 60.7 Å². The molecule has 0 fully saturated rings. The molecule has 0 aliphatic rings. The summed E-state index contributed by atoms with van der Waals surface area (Å²) in [6.07, 6.45) is 0.769. The first-order valence-corrected chi connectivity index (χ1v) is 10.3. The molecule has 0 heterocycles. The van der Waals surface area contributed by atoms with Crippen LogP contribution in [0.2, 0.25) is 0 Å². The number of carbonyl (C=O) groups excluding carboxylic acids is 1. The van der Waals surface area contributed by atoms with E-state index < -0.39 is 0 Å². The topological polar surface area (TPSA) is 26.3 Å². The number of benzene rings is 4. The Balaban J connectivity index is 1.54. The minimum atomic E-state index is -0.312. The normalized spacial score (nSPS) is 13.3. The first-order chi connectivity index (χ1) is 14.0. The standard InChI is InChI=1S/C27H26O2/c1-4-18(2)20-9-11-21(12-10-20)27(28)29-19(3)22-13-14-25-16-23-7-5-6-8-24(23)17-26(25)15-22/h5-19H,4H2,1-3H3. The Morgan fingerprint density at radius 2 is 1.34 bits per heavy atom. The monoisotopic (exact) mass is 382 g/mol. The Bertz CT molecular complexity index is 1160. The molecule has 0 aromatic heterocycles. The van der Waals surface area contributed by atoms with Crippen LogP contribution >= 0.6 is 0 Å². The summed E-state index contributed by atoms with van der Waals surface area (Å²) < 4.78 is 5.75. The minimum Gasteiger partial charge on any atom is -0.454 e. The molecule has 2 unspecified atom stereocenters. The van der Waals surface area contributed by atoms with Crippen molar-refractivity contribution in [3.05, 3.63) is 95.6 Å². The van der Waals surface area contributed by atoms with Gasteiger partial charge in [0.25, 0.3) is 0 Å². The Morgan fingerprint density at radius 1 is 0.759 bits per heavy atom. The molecule has 0 N–H and O–H groups in total. The molecule has 2 heteroatoms. The fourth-order valence-corrected chi connectivity index (χ4v) is 3.69. The van der Waals surface area contributed by atoms with Gasteiger partial charge in [-0.15, -0.1) is 0 Å². The van der Waals surface area contributed by atoms with Crippen molar-refractivity contribution in [1.82, 2.24) is 0 Å². The highest BCUT2D eigenvalue weighted by Gasteiger charge is 2.15. The second-order valence-electron chi connectivity index (χ2n) is 7.78. The van der Waals surface area contributed by atoms with E-state index in [9.17, 15) is 4.79 Å². The predicted molar refractivity (Wildman–Crippen MR) is 120 cm³/mol. The van der Waals surface area contributed by atoms with Crippen LogP contribution in [0.4, 0.5) is 0 Å². The number of esters is 1. The molecule has 2 atom stereocenters. The molecule has 0 bridgehead atoms. The summed E-state index contributed by atoms with van der Waals surface area (Å²) in [6, 6.07) is 26.8. The fraction of sp³-hybridized carbons (Fsp3) is 0.222. The Hall–Kier alpha value is -3.13. The van der Waals surface area contributed by atoms with Crippen molar-refractivity contribution in [3.63, 3.8) is 0 Å². The van der Waals surface area contributed by atoms with Gasteiger partial charge in [-0.1, -0.05) is 62.4 Å². The predicted octanol–water partition coefficient (Wildman–Crippen LogP) is 7.42. The molecule has 2 nitrogen and oxygen atoms in total. The van der Waals surface area contributed by atoms with Crippen molar-refractivity contribution in [1.29, 1.82) is 0 Å². The van der Waals surface area contributed by atoms with Crippen molar-refractivity contribution in [2.75, 3.05) is 0 Å². The summed E-state index contributed by atoms with van der Waals surface area (Å²) in [5.41, 5.74) is 2.84. The van der Waals surface area contributed by atoms with Gasteiger partial charge in [0.15, 0.2) is 0 Å². The van der Waals surface area contributed by atoms with Gasteiger partial charge < -0.3 is 4.74 Å². The quantitative estimate of drug-likeness (QED) is 0.265. The molecule has 4 aromatic carbocycles. The van der Waals surface area contributed by atoms with E-state index in [1.165, 1.54) is 21.7 Å². The fourth-order valence-electron chi connectivity index (χ4n) is 3.69. The van der Waals surface area contributed by atoms with Gasteiger partial charge in [-0.25, -0.2) is 4.79 Å². The van der Waals surface area contributed by atoms with Crippen LogP contribution < -0.4 is 0 Å². The van der Waals surface area contributed by atoms with E-state index in [1.54, 1.807) is 0 Å². The minimum absolute atomic E-state index is 0.285. The van der Waals surface area contributed by atoms with Crippen molar-refractivity contribution >= 4 is 27.5 Å². The average Bonchev–Trinajstić information content (AvgIpc) is 2.76. The van der Waals surface area contributed by atoms with Gasteiger partial charge >= 0.3 is 5.97 Å². The first kappa shape index (κ1) is 19.2. The van der Waals surface area contributed by atoms with E-state index in [0.717, 1.165) is 17.4 Å². The molecule has 29 heavy (non-hydrogen) atoms. The molecular weight excluding hydrogens is 356 g/mol. The lowest BCUT2D eigenvalue weighted by molar-refractivity contribution is 0.0338. The van der Waals surface area contributed by atoms with Crippen LogP contribution in [-0.4, -0.2) is 5.97 Å². The van der Waals surface area contributed by atoms with Crippen LogP contribution in [0.15, 0.2) is 78.9 Å². The molecule has 4 aromatic rings. The molecule has 0 amide bonds. The molecule has 0 aliphatic carbocycles. The summed E-state index contributed by atoms with van der Waals surface area (Å²) in [6.45, 7) is 6.28. The van der Waals surface area contributed by atoms with Crippen LogP contribution in [0.3, 0.4) is 0 Å². The zero-order valence-corrected chi connectivity index (χ0v) is 17.2. The third kappa shape index (κ3) is 4.02. The zero-order chi connectivity index (χ0) is 20.4. The lowest BCUT2D eigenvalue weighted by Gasteiger charge is -2.15. The highest BCUT2D eigenvalue weighted by Crippen LogP contribution is 2.27. The maximum atomic E-state index is 12.6. The lowest BCUT2D eigenvalue weighted by atomic mass is 9.97. The molecular formula is C27H26O2. The molecule has 0 saturated carbocycles. The number of rotatable bonds is 5. The number of hydrogen-bond acceptors (Lipinski definition) is 2. The van der Waals surface area contributed by atoms with E-state index in [2.05, 4.69) is 62.4 Å². The van der Waals surface area contributed by atoms with Gasteiger partial charge in [0.05, 0.1) is 5.56 Å². The SMILES string of the molecule is CCC(C)c1ccc(C(=O)OC(C)c2ccc3cc4ccccc4cc3c2)cc1. The van der Waals surface area contributed by atoms with Gasteiger partial charge in [-0.05, 0) is 82.3 Å². The maximum Gasteiger partial charge on any atom is 0.338 e. The second-order valence-corrected chi connectivity index (χ2v) is 7.78. The average molecular weight is 383 g/mol. The van der Waals surface area contributed by atoms with E-state index in [1.807, 2.05) is 37.3 Å². The van der Waals surface area contributed by atoms with Crippen molar-refractivity contribution in [2.45, 2.75) is 39.2 Å². The van der Waals surface area contributed by atoms with Crippen LogP contribution in [0.25, 0.3) is 21.5 Å². The van der Waals surface area contributed by atoms with E-state index in [4.69, 9.17) is 4.74 Å². The van der Waals surface area contributed by atoms with E-state index in [-0.39, 0.29) is 12.1 Å². The largest absolute Gasteiger partial charge is 0.454 e. The zero-order valence-electron chi connectivity index (χ0n) is 17.2. The number of ether oxygens (including phenoxy) is 1. The highest BCUT2D eigenvalue weighted by molar-refractivity contribution is 5.98. The van der Waals surface area contributed by atoms with Gasteiger partial charge in [-0.2, -0.15) is 0 Å². The van der Waals surface area contributed by atoms with Crippen LogP contribution in [-0.2, 0) is 4.74 Å². The summed E-state index contributed by atoms with van der Waals surface area (Å²) in [5, 5.41) is 4.78. The summed E-state index contributed by atoms with van der Waals surface area (Å²) in [5.74, 6) is 0.208. The van der Waals surface area contributed by atoms with E-state index >= 15 is 0 Å². The van der Waals surface area contributed by atoms with Crippen molar-refractivity contribution in [3.8, 4) is 0 Å². The molecule has 0 saturated heterocycles. The molecule has 0 radical (unpaired) electrons. The summed E-state index contributed by atoms with van der Waals surface area (Å²) in [4.78, 5) is 12.6. The van der Waals surface area contributed by atoms with Crippen molar-refractivity contribution in [2.24, 2.45) is 0 Å². The van der Waals surface area contributed by atoms with E-state index in [0.29, 0.717) is 11.5 Å². The summed E-state index contributed by atoms with van der Waals surface area (Å²) in [7, 11) is 0. The van der Waals surface area contributed by atoms with Gasteiger partial charge in [-0.3, -0.25) is 0 Å². The smallest absolute Gasteiger partial charge is 0.338 e. The van der Waals surface area contributed by atoms with Crippen LogP contribution in [0, 0.1) is 0 Å². The first-order valence-electron chi connectivity index (χ1n) is 10.3. The highest BCUT2D eigenvalue weighted by atomic mass is 16.5. The Labute approximate surface area is 172 Å². The summed E-state index contributed by atoms with van der Waals surface area (Å²) >= 11 is 0. The number of hydrogen-bond donors (Lipinski definition) is 0. The van der Waals surface area contributed by atoms with Gasteiger partial charge in [0.1, 0.15) is 6.10 Å². The van der Waals surface area contributed by atoms with Crippen molar-refractivity contribution < 1.29 is 9.53 Å². The second kappa shape index (κ2) is 8.08. The van der Waals surface area contributed by atoms with Crippen LogP contribution in [0.5, 0.6) is 0 Å². The molecule has 0 spiro atoms. The Morgan fingerprint density at radius 3 is 2.00 bits per heavy atom. The number of carbonyl (C=O) groups is 1. The van der Waals surface area contributed by atoms with Gasteiger partial charge in [0, 0.05) is 0 Å². The molecule has 146 valence electrons. The molecule has 4 rings (SSSR count). The number of fused-ring (bicyclic) bond motifs is 2. The Kier molecular flexibility index (Phi) is 5.35.